The fourth-order valence-electron chi connectivity index (χ4n) is 3.85. The maximum Gasteiger partial charge on any atom is 0.227 e. The molecule has 1 fully saturated rings. The number of para-hydroxylation sites is 1. The van der Waals surface area contributed by atoms with E-state index in [9.17, 15) is 9.18 Å². The van der Waals surface area contributed by atoms with Gasteiger partial charge in [0.1, 0.15) is 5.82 Å². The van der Waals surface area contributed by atoms with Crippen molar-refractivity contribution >= 4 is 28.6 Å². The number of fused-ring (bicyclic) bond motifs is 1. The first-order valence-electron chi connectivity index (χ1n) is 9.30. The number of aryl methyl sites for hydroxylation is 1. The van der Waals surface area contributed by atoms with Gasteiger partial charge in [0.15, 0.2) is 0 Å². The van der Waals surface area contributed by atoms with E-state index in [1.165, 1.54) is 6.07 Å². The molecule has 1 aliphatic rings. The smallest absolute Gasteiger partial charge is 0.227 e. The van der Waals surface area contributed by atoms with Crippen LogP contribution in [-0.2, 0) is 18.3 Å². The molecular formula is C22H23FN2OS. The van der Waals surface area contributed by atoms with Crippen LogP contribution in [0.2, 0.25) is 0 Å². The standard InChI is InChI=1S/C22H23FN2OS/c1-24-15-16(17-6-3-5-9-20(17)24)14-22(26)25-11-10-21(27-13-12-25)18-7-2-4-8-19(18)23/h2-9,15,21H,10-14H2,1H3. The minimum Gasteiger partial charge on any atom is -0.350 e. The number of hydrogen-bond acceptors (Lipinski definition) is 2. The molecule has 4 rings (SSSR count). The minimum atomic E-state index is -0.148. The number of nitrogens with zero attached hydrogens (tertiary/aromatic N) is 2. The molecule has 27 heavy (non-hydrogen) atoms. The van der Waals surface area contributed by atoms with E-state index >= 15 is 0 Å². The Morgan fingerprint density at radius 2 is 1.93 bits per heavy atom. The molecule has 0 radical (unpaired) electrons. The van der Waals surface area contributed by atoms with Gasteiger partial charge in [0.05, 0.1) is 6.42 Å². The Labute approximate surface area is 163 Å². The van der Waals surface area contributed by atoms with Crippen LogP contribution >= 0.6 is 11.8 Å². The van der Waals surface area contributed by atoms with Crippen LogP contribution in [0.5, 0.6) is 0 Å². The van der Waals surface area contributed by atoms with Crippen LogP contribution in [0.1, 0.15) is 22.8 Å². The summed E-state index contributed by atoms with van der Waals surface area (Å²) in [5.41, 5.74) is 2.97. The van der Waals surface area contributed by atoms with Gasteiger partial charge in [-0.1, -0.05) is 36.4 Å². The largest absolute Gasteiger partial charge is 0.350 e. The van der Waals surface area contributed by atoms with E-state index < -0.39 is 0 Å². The minimum absolute atomic E-state index is 0.113. The quantitative estimate of drug-likeness (QED) is 0.663. The van der Waals surface area contributed by atoms with Gasteiger partial charge in [0, 0.05) is 53.8 Å². The molecular weight excluding hydrogens is 359 g/mol. The fraction of sp³-hybridized carbons (Fsp3) is 0.318. The molecule has 1 atom stereocenters. The monoisotopic (exact) mass is 382 g/mol. The van der Waals surface area contributed by atoms with Gasteiger partial charge in [-0.3, -0.25) is 4.79 Å². The van der Waals surface area contributed by atoms with Gasteiger partial charge in [-0.25, -0.2) is 4.39 Å². The third kappa shape index (κ3) is 3.74. The summed E-state index contributed by atoms with van der Waals surface area (Å²) in [4.78, 5) is 14.9. The number of carbonyl (C=O) groups excluding carboxylic acids is 1. The molecule has 1 unspecified atom stereocenters. The van der Waals surface area contributed by atoms with Crippen LogP contribution in [0.4, 0.5) is 4.39 Å². The summed E-state index contributed by atoms with van der Waals surface area (Å²) in [6.45, 7) is 1.40. The average Bonchev–Trinajstić information content (AvgIpc) is 2.85. The first kappa shape index (κ1) is 18.1. The normalized spacial score (nSPS) is 17.9. The van der Waals surface area contributed by atoms with Crippen LogP contribution in [0.3, 0.4) is 0 Å². The molecule has 1 aromatic heterocycles. The summed E-state index contributed by atoms with van der Waals surface area (Å²) in [6.07, 6.45) is 3.25. The number of rotatable bonds is 3. The summed E-state index contributed by atoms with van der Waals surface area (Å²) in [7, 11) is 2.01. The zero-order chi connectivity index (χ0) is 18.8. The number of carbonyl (C=O) groups is 1. The second kappa shape index (κ2) is 7.77. The maximum atomic E-state index is 14.1. The van der Waals surface area contributed by atoms with Gasteiger partial charge < -0.3 is 9.47 Å². The van der Waals surface area contributed by atoms with Crippen LogP contribution in [0.15, 0.2) is 54.7 Å². The third-order valence-corrected chi connectivity index (χ3v) is 6.58. The molecule has 140 valence electrons. The summed E-state index contributed by atoms with van der Waals surface area (Å²) < 4.78 is 16.2. The van der Waals surface area contributed by atoms with Crippen molar-refractivity contribution in [3.8, 4) is 0 Å². The van der Waals surface area contributed by atoms with Crippen molar-refractivity contribution < 1.29 is 9.18 Å². The molecule has 0 aliphatic carbocycles. The Hall–Kier alpha value is -2.27. The van der Waals surface area contributed by atoms with E-state index in [1.54, 1.807) is 17.8 Å². The van der Waals surface area contributed by atoms with Gasteiger partial charge in [-0.05, 0) is 24.1 Å². The molecule has 0 spiro atoms. The van der Waals surface area contributed by atoms with Crippen molar-refractivity contribution in [1.82, 2.24) is 9.47 Å². The van der Waals surface area contributed by atoms with Crippen molar-refractivity contribution in [2.45, 2.75) is 18.1 Å². The number of hydrogen-bond donors (Lipinski definition) is 0. The lowest BCUT2D eigenvalue weighted by atomic mass is 10.1. The molecule has 2 heterocycles. The van der Waals surface area contributed by atoms with Gasteiger partial charge in [-0.15, -0.1) is 0 Å². The van der Waals surface area contributed by atoms with E-state index in [2.05, 4.69) is 22.9 Å². The lowest BCUT2D eigenvalue weighted by molar-refractivity contribution is -0.130. The predicted octanol–water partition coefficient (Wildman–Crippen LogP) is 4.57. The number of halogens is 1. The fourth-order valence-corrected chi connectivity index (χ4v) is 5.10. The van der Waals surface area contributed by atoms with Crippen LogP contribution in [-0.4, -0.2) is 34.2 Å². The van der Waals surface area contributed by atoms with Crippen LogP contribution in [0.25, 0.3) is 10.9 Å². The van der Waals surface area contributed by atoms with E-state index in [4.69, 9.17) is 0 Å². The van der Waals surface area contributed by atoms with Crippen molar-refractivity contribution in [1.29, 1.82) is 0 Å². The lowest BCUT2D eigenvalue weighted by Crippen LogP contribution is -2.34. The predicted molar refractivity (Wildman–Crippen MR) is 109 cm³/mol. The second-order valence-corrected chi connectivity index (χ2v) is 8.32. The van der Waals surface area contributed by atoms with Gasteiger partial charge in [0.2, 0.25) is 5.91 Å². The summed E-state index contributed by atoms with van der Waals surface area (Å²) in [5.74, 6) is 0.840. The Morgan fingerprint density at radius 3 is 2.78 bits per heavy atom. The Bertz CT molecular complexity index is 968. The number of benzene rings is 2. The molecule has 1 saturated heterocycles. The topological polar surface area (TPSA) is 25.2 Å². The Kier molecular flexibility index (Phi) is 5.21. The molecule has 2 aromatic carbocycles. The molecule has 0 bridgehead atoms. The average molecular weight is 383 g/mol. The summed E-state index contributed by atoms with van der Waals surface area (Å²) in [5, 5.41) is 1.25. The first-order chi connectivity index (χ1) is 13.1. The third-order valence-electron chi connectivity index (χ3n) is 5.27. The second-order valence-electron chi connectivity index (χ2n) is 7.01. The molecule has 3 aromatic rings. The Balaban J connectivity index is 1.46. The first-order valence-corrected chi connectivity index (χ1v) is 10.3. The van der Waals surface area contributed by atoms with E-state index in [0.717, 1.165) is 40.7 Å². The molecule has 1 aliphatic heterocycles. The van der Waals surface area contributed by atoms with Gasteiger partial charge in [-0.2, -0.15) is 11.8 Å². The van der Waals surface area contributed by atoms with Crippen molar-refractivity contribution in [3.63, 3.8) is 0 Å². The highest BCUT2D eigenvalue weighted by Crippen LogP contribution is 2.35. The number of aromatic nitrogens is 1. The highest BCUT2D eigenvalue weighted by Gasteiger charge is 2.24. The van der Waals surface area contributed by atoms with Crippen molar-refractivity contribution in [3.05, 3.63) is 71.7 Å². The molecule has 5 heteroatoms. The highest BCUT2D eigenvalue weighted by molar-refractivity contribution is 7.99. The summed E-state index contributed by atoms with van der Waals surface area (Å²) >= 11 is 1.75. The highest BCUT2D eigenvalue weighted by atomic mass is 32.2. The van der Waals surface area contributed by atoms with E-state index in [-0.39, 0.29) is 17.0 Å². The van der Waals surface area contributed by atoms with E-state index in [0.29, 0.717) is 13.0 Å². The van der Waals surface area contributed by atoms with Gasteiger partial charge in [0.25, 0.3) is 0 Å². The SMILES string of the molecule is Cn1cc(CC(=O)N2CCSC(c3ccccc3F)CC2)c2ccccc21. The van der Waals surface area contributed by atoms with Crippen molar-refractivity contribution in [2.24, 2.45) is 7.05 Å². The molecule has 1 amide bonds. The Morgan fingerprint density at radius 1 is 1.15 bits per heavy atom. The number of thioether (sulfide) groups is 1. The molecule has 3 nitrogen and oxygen atoms in total. The number of amides is 1. The maximum absolute atomic E-state index is 14.1. The molecule has 0 saturated carbocycles. The zero-order valence-electron chi connectivity index (χ0n) is 15.4. The zero-order valence-corrected chi connectivity index (χ0v) is 16.2. The molecule has 0 N–H and O–H groups in total. The van der Waals surface area contributed by atoms with Crippen LogP contribution < -0.4 is 0 Å². The van der Waals surface area contributed by atoms with Gasteiger partial charge >= 0.3 is 0 Å². The van der Waals surface area contributed by atoms with Crippen LogP contribution in [0, 0.1) is 5.82 Å². The van der Waals surface area contributed by atoms with Crippen molar-refractivity contribution in [2.75, 3.05) is 18.8 Å². The van der Waals surface area contributed by atoms with E-state index in [1.807, 2.05) is 36.2 Å². The summed E-state index contributed by atoms with van der Waals surface area (Å²) in [6, 6.07) is 15.2. The lowest BCUT2D eigenvalue weighted by Gasteiger charge is -2.20.